The summed E-state index contributed by atoms with van der Waals surface area (Å²) in [5.41, 5.74) is 7.22. The molecule has 0 aromatic rings. The van der Waals surface area contributed by atoms with Gasteiger partial charge in [0.05, 0.1) is 0 Å². The molecule has 0 rings (SSSR count). The highest BCUT2D eigenvalue weighted by Gasteiger charge is 2.20. The van der Waals surface area contributed by atoms with Crippen LogP contribution in [0, 0.1) is 0 Å². The topological polar surface area (TPSA) is 42.3 Å². The van der Waals surface area contributed by atoms with Gasteiger partial charge in [0, 0.05) is 20.6 Å². The van der Waals surface area contributed by atoms with Gasteiger partial charge in [-0.05, 0) is 0 Å². The van der Waals surface area contributed by atoms with Crippen molar-refractivity contribution in [3.8, 4) is 0 Å². The van der Waals surface area contributed by atoms with E-state index in [9.17, 15) is 0 Å². The average molecular weight is 118 g/mol. The van der Waals surface area contributed by atoms with E-state index in [1.54, 1.807) is 0 Å². The number of hydrogen-bond acceptors (Lipinski definition) is 2. The van der Waals surface area contributed by atoms with Crippen LogP contribution in [0.5, 0.6) is 0 Å². The summed E-state index contributed by atoms with van der Waals surface area (Å²) in [7, 11) is 2.92. The Labute approximate surface area is 49.8 Å². The van der Waals surface area contributed by atoms with E-state index in [0.717, 1.165) is 0 Å². The third-order valence-electron chi connectivity index (χ3n) is 1.12. The predicted molar refractivity (Wildman–Crippen MR) is 30.1 cm³/mol. The molecule has 0 aliphatic carbocycles. The minimum Gasteiger partial charge on any atom is -0.340 e. The molecule has 3 heteroatoms. The van der Waals surface area contributed by atoms with Crippen LogP contribution < -0.4 is 5.73 Å². The minimum absolute atomic E-state index is 0.542. The lowest BCUT2D eigenvalue weighted by Crippen LogP contribution is -2.34. The first-order valence-corrected chi connectivity index (χ1v) is 2.54. The highest BCUT2D eigenvalue weighted by atomic mass is 16.7. The molecule has 0 unspecified atom stereocenters. The van der Waals surface area contributed by atoms with Crippen molar-refractivity contribution >= 4 is 0 Å². The van der Waals surface area contributed by atoms with Gasteiger partial charge in [-0.3, -0.25) is 0 Å². The third kappa shape index (κ3) is 1.78. The quantitative estimate of drug-likeness (QED) is 0.510. The Morgan fingerprint density at radius 3 is 1.75 bits per heavy atom. The molecular formula is C5H12NO2. The van der Waals surface area contributed by atoms with Gasteiger partial charge in [0.1, 0.15) is 0 Å². The average Bonchev–Trinajstić information content (AvgIpc) is 1.87. The van der Waals surface area contributed by atoms with E-state index in [1.807, 2.05) is 6.92 Å². The van der Waals surface area contributed by atoms with Crippen LogP contribution in [0.25, 0.3) is 0 Å². The van der Waals surface area contributed by atoms with Crippen LogP contribution in [0.3, 0.4) is 0 Å². The van der Waals surface area contributed by atoms with E-state index in [1.165, 1.54) is 14.2 Å². The van der Waals surface area contributed by atoms with Crippen LogP contribution in [0.4, 0.5) is 0 Å². The van der Waals surface area contributed by atoms with Crippen molar-refractivity contribution in [3.63, 3.8) is 0 Å². The van der Waals surface area contributed by atoms with Gasteiger partial charge in [-0.2, -0.15) is 5.73 Å². The van der Waals surface area contributed by atoms with Crippen LogP contribution in [0.15, 0.2) is 0 Å². The maximum absolute atomic E-state index is 7.22. The van der Waals surface area contributed by atoms with Gasteiger partial charge in [0.15, 0.2) is 0 Å². The summed E-state index contributed by atoms with van der Waals surface area (Å²) in [4.78, 5) is 0. The van der Waals surface area contributed by atoms with Crippen molar-refractivity contribution in [2.75, 3.05) is 14.2 Å². The van der Waals surface area contributed by atoms with E-state index in [2.05, 4.69) is 9.47 Å². The second kappa shape index (κ2) is 3.02. The van der Waals surface area contributed by atoms with Gasteiger partial charge in [-0.1, -0.05) is 6.92 Å². The van der Waals surface area contributed by atoms with Gasteiger partial charge in [0.2, 0.25) is 5.91 Å². The molecule has 0 bridgehead atoms. The summed E-state index contributed by atoms with van der Waals surface area (Å²) < 4.78 is 9.36. The number of hydrogen-bond donors (Lipinski definition) is 0. The van der Waals surface area contributed by atoms with Gasteiger partial charge in [-0.15, -0.1) is 0 Å². The molecular weight excluding hydrogens is 106 g/mol. The molecule has 0 heterocycles. The summed E-state index contributed by atoms with van der Waals surface area (Å²) in [6.07, 6.45) is 0.542. The number of rotatable bonds is 3. The fraction of sp³-hybridized carbons (Fsp3) is 1.00. The second-order valence-electron chi connectivity index (χ2n) is 1.51. The van der Waals surface area contributed by atoms with Gasteiger partial charge in [-0.25, -0.2) is 0 Å². The maximum atomic E-state index is 7.22. The summed E-state index contributed by atoms with van der Waals surface area (Å²) in [5, 5.41) is 0. The van der Waals surface area contributed by atoms with Crippen molar-refractivity contribution in [1.29, 1.82) is 0 Å². The Kier molecular flexibility index (Phi) is 2.97. The lowest BCUT2D eigenvalue weighted by Gasteiger charge is -2.22. The fourth-order valence-electron chi connectivity index (χ4n) is 0.372. The summed E-state index contributed by atoms with van der Waals surface area (Å²) >= 11 is 0. The summed E-state index contributed by atoms with van der Waals surface area (Å²) in [6.45, 7) is 1.83. The lowest BCUT2D eigenvalue weighted by molar-refractivity contribution is -0.209. The number of methoxy groups -OCH3 is 2. The third-order valence-corrected chi connectivity index (χ3v) is 1.12. The van der Waals surface area contributed by atoms with E-state index < -0.39 is 5.91 Å². The Balaban J connectivity index is 3.58. The molecule has 0 aromatic heterocycles. The van der Waals surface area contributed by atoms with E-state index >= 15 is 0 Å². The number of nitrogens with one attached hydrogen (secondary N) is 1. The SMILES string of the molecule is CCC([NH])(OC)OC. The standard InChI is InChI=1S/C5H12NO2/c1-4-5(6,7-2)8-3/h6H,4H2,1-3H3. The molecule has 0 aliphatic rings. The summed E-state index contributed by atoms with van der Waals surface area (Å²) in [6, 6.07) is 0. The summed E-state index contributed by atoms with van der Waals surface area (Å²) in [5.74, 6) is -1.12. The Morgan fingerprint density at radius 1 is 1.38 bits per heavy atom. The molecule has 1 radical (unpaired) electrons. The zero-order valence-electron chi connectivity index (χ0n) is 5.52. The molecule has 0 spiro atoms. The van der Waals surface area contributed by atoms with Crippen molar-refractivity contribution in [1.82, 2.24) is 5.73 Å². The van der Waals surface area contributed by atoms with Crippen LogP contribution in [-0.2, 0) is 9.47 Å². The van der Waals surface area contributed by atoms with Crippen molar-refractivity contribution in [3.05, 3.63) is 0 Å². The zero-order valence-corrected chi connectivity index (χ0v) is 5.52. The van der Waals surface area contributed by atoms with Crippen molar-refractivity contribution in [2.45, 2.75) is 19.3 Å². The molecule has 0 saturated heterocycles. The first-order valence-electron chi connectivity index (χ1n) is 2.54. The van der Waals surface area contributed by atoms with Crippen LogP contribution >= 0.6 is 0 Å². The predicted octanol–water partition coefficient (Wildman–Crippen LogP) is 0.626. The molecule has 0 aliphatic heterocycles. The number of ether oxygens (including phenoxy) is 2. The van der Waals surface area contributed by atoms with E-state index in [-0.39, 0.29) is 0 Å². The van der Waals surface area contributed by atoms with Gasteiger partial charge < -0.3 is 9.47 Å². The smallest absolute Gasteiger partial charge is 0.239 e. The Bertz CT molecular complexity index is 53.2. The van der Waals surface area contributed by atoms with Crippen LogP contribution in [-0.4, -0.2) is 20.1 Å². The Hall–Kier alpha value is -0.120. The van der Waals surface area contributed by atoms with E-state index in [4.69, 9.17) is 5.73 Å². The first-order chi connectivity index (χ1) is 3.68. The molecule has 0 amide bonds. The van der Waals surface area contributed by atoms with E-state index in [0.29, 0.717) is 6.42 Å². The zero-order chi connectivity index (χ0) is 6.62. The lowest BCUT2D eigenvalue weighted by atomic mass is 10.4. The van der Waals surface area contributed by atoms with Gasteiger partial charge >= 0.3 is 0 Å². The van der Waals surface area contributed by atoms with Crippen LogP contribution in [0.1, 0.15) is 13.3 Å². The fourth-order valence-corrected chi connectivity index (χ4v) is 0.372. The molecule has 1 N–H and O–H groups in total. The highest BCUT2D eigenvalue weighted by molar-refractivity contribution is 4.52. The van der Waals surface area contributed by atoms with Gasteiger partial charge in [0.25, 0.3) is 0 Å². The maximum Gasteiger partial charge on any atom is 0.239 e. The largest absolute Gasteiger partial charge is 0.340 e. The molecule has 49 valence electrons. The molecule has 3 nitrogen and oxygen atoms in total. The first kappa shape index (κ1) is 7.88. The normalized spacial score (nSPS) is 12.0. The van der Waals surface area contributed by atoms with Crippen molar-refractivity contribution < 1.29 is 9.47 Å². The molecule has 8 heavy (non-hydrogen) atoms. The molecule has 0 saturated carbocycles. The minimum atomic E-state index is -1.12. The molecule has 0 atom stereocenters. The van der Waals surface area contributed by atoms with Crippen molar-refractivity contribution in [2.24, 2.45) is 0 Å². The molecule has 0 aromatic carbocycles. The highest BCUT2D eigenvalue weighted by Crippen LogP contribution is 2.08. The van der Waals surface area contributed by atoms with Crippen LogP contribution in [0.2, 0.25) is 0 Å². The molecule has 0 fully saturated rings. The Morgan fingerprint density at radius 2 is 1.75 bits per heavy atom. The monoisotopic (exact) mass is 118 g/mol. The second-order valence-corrected chi connectivity index (χ2v) is 1.51.